The fourth-order valence-corrected chi connectivity index (χ4v) is 4.97. The fraction of sp³-hybridized carbons (Fsp3) is 0.360. The van der Waals surface area contributed by atoms with Crippen LogP contribution in [0.5, 0.6) is 0 Å². The minimum atomic E-state index is -0.777. The molecule has 0 saturated heterocycles. The van der Waals surface area contributed by atoms with Crippen molar-refractivity contribution in [3.05, 3.63) is 63.9 Å². The second kappa shape index (κ2) is 9.17. The number of fused-ring (bicyclic) bond motifs is 1. The van der Waals surface area contributed by atoms with Gasteiger partial charge in [0.05, 0.1) is 28.4 Å². The van der Waals surface area contributed by atoms with Gasteiger partial charge in [0.25, 0.3) is 5.56 Å². The molecule has 0 aliphatic heterocycles. The number of aryl methyl sites for hydroxylation is 2. The highest BCUT2D eigenvalue weighted by Gasteiger charge is 2.33. The quantitative estimate of drug-likeness (QED) is 0.462. The first kappa shape index (κ1) is 22.1. The van der Waals surface area contributed by atoms with Crippen LogP contribution in [0.15, 0.2) is 52.4 Å². The van der Waals surface area contributed by atoms with Crippen LogP contribution in [-0.4, -0.2) is 26.8 Å². The first-order valence-corrected chi connectivity index (χ1v) is 11.9. The Labute approximate surface area is 191 Å². The molecular weight excluding hydrogens is 420 g/mol. The van der Waals surface area contributed by atoms with E-state index in [1.807, 2.05) is 44.2 Å². The van der Waals surface area contributed by atoms with Crippen LogP contribution in [0.4, 0.5) is 0 Å². The van der Waals surface area contributed by atoms with Gasteiger partial charge in [-0.15, -0.1) is 0 Å². The number of para-hydroxylation sites is 1. The Balaban J connectivity index is 1.67. The molecule has 4 rings (SSSR count). The van der Waals surface area contributed by atoms with Crippen LogP contribution in [0.25, 0.3) is 16.6 Å². The number of hydrogen-bond acceptors (Lipinski definition) is 5. The number of aromatic nitrogens is 2. The standard InChI is InChI=1S/C25H26N4O2S/c1-17-10-11-19(14-18(17)2)29-23(31)20-8-4-5-9-21(20)27-24(29)32-15-22(30)28-25(16-26)12-6-3-7-13-25/h4-5,8-11,14H,3,6-7,12-13,15H2,1-2H3,(H,28,30). The molecule has 0 atom stereocenters. The first-order chi connectivity index (χ1) is 15.4. The Morgan fingerprint density at radius 3 is 2.62 bits per heavy atom. The molecule has 1 N–H and O–H groups in total. The van der Waals surface area contributed by atoms with Crippen molar-refractivity contribution in [2.75, 3.05) is 5.75 Å². The van der Waals surface area contributed by atoms with Crippen molar-refractivity contribution in [1.29, 1.82) is 5.26 Å². The number of amides is 1. The average molecular weight is 447 g/mol. The summed E-state index contributed by atoms with van der Waals surface area (Å²) in [6.07, 6.45) is 4.35. The summed E-state index contributed by atoms with van der Waals surface area (Å²) < 4.78 is 1.58. The molecule has 0 bridgehead atoms. The zero-order chi connectivity index (χ0) is 22.7. The Hall–Kier alpha value is -3.11. The van der Waals surface area contributed by atoms with Gasteiger partial charge in [0, 0.05) is 0 Å². The topological polar surface area (TPSA) is 87.8 Å². The maximum Gasteiger partial charge on any atom is 0.266 e. The summed E-state index contributed by atoms with van der Waals surface area (Å²) in [7, 11) is 0. The molecule has 7 heteroatoms. The van der Waals surface area contributed by atoms with Crippen LogP contribution >= 0.6 is 11.8 Å². The lowest BCUT2D eigenvalue weighted by Crippen LogP contribution is -2.49. The molecule has 1 amide bonds. The average Bonchev–Trinajstić information content (AvgIpc) is 2.80. The van der Waals surface area contributed by atoms with E-state index in [0.29, 0.717) is 28.9 Å². The molecule has 0 radical (unpaired) electrons. The molecule has 1 aliphatic carbocycles. The highest BCUT2D eigenvalue weighted by molar-refractivity contribution is 7.99. The van der Waals surface area contributed by atoms with E-state index < -0.39 is 5.54 Å². The minimum Gasteiger partial charge on any atom is -0.337 e. The van der Waals surface area contributed by atoms with Gasteiger partial charge in [0.1, 0.15) is 5.54 Å². The monoisotopic (exact) mass is 446 g/mol. The van der Waals surface area contributed by atoms with Gasteiger partial charge >= 0.3 is 0 Å². The molecule has 3 aromatic rings. The van der Waals surface area contributed by atoms with Crippen molar-refractivity contribution < 1.29 is 4.79 Å². The molecular formula is C25H26N4O2S. The van der Waals surface area contributed by atoms with Gasteiger partial charge in [0.15, 0.2) is 5.16 Å². The van der Waals surface area contributed by atoms with E-state index in [-0.39, 0.29) is 17.2 Å². The Kier molecular flexibility index (Phi) is 6.33. The molecule has 1 saturated carbocycles. The number of rotatable bonds is 5. The molecule has 164 valence electrons. The van der Waals surface area contributed by atoms with E-state index in [0.717, 1.165) is 36.1 Å². The lowest BCUT2D eigenvalue weighted by Gasteiger charge is -2.31. The number of hydrogen-bond donors (Lipinski definition) is 1. The van der Waals surface area contributed by atoms with E-state index in [1.165, 1.54) is 11.8 Å². The summed E-state index contributed by atoms with van der Waals surface area (Å²) in [5.74, 6) is -0.133. The van der Waals surface area contributed by atoms with Crippen molar-refractivity contribution >= 4 is 28.6 Å². The van der Waals surface area contributed by atoms with E-state index >= 15 is 0 Å². The zero-order valence-corrected chi connectivity index (χ0v) is 19.2. The summed E-state index contributed by atoms with van der Waals surface area (Å²) >= 11 is 1.22. The molecule has 6 nitrogen and oxygen atoms in total. The Bertz CT molecular complexity index is 1270. The van der Waals surface area contributed by atoms with Gasteiger partial charge in [-0.2, -0.15) is 5.26 Å². The molecule has 1 heterocycles. The molecule has 1 aliphatic rings. The Morgan fingerprint density at radius 1 is 1.16 bits per heavy atom. The third kappa shape index (κ3) is 4.42. The molecule has 32 heavy (non-hydrogen) atoms. The smallest absolute Gasteiger partial charge is 0.266 e. The number of carbonyl (C=O) groups is 1. The number of thioether (sulfide) groups is 1. The predicted molar refractivity (Wildman–Crippen MR) is 127 cm³/mol. The third-order valence-corrected chi connectivity index (χ3v) is 7.06. The van der Waals surface area contributed by atoms with Crippen LogP contribution in [0.1, 0.15) is 43.2 Å². The predicted octanol–water partition coefficient (Wildman–Crippen LogP) is 4.44. The lowest BCUT2D eigenvalue weighted by molar-refractivity contribution is -0.120. The van der Waals surface area contributed by atoms with Crippen molar-refractivity contribution in [2.45, 2.75) is 56.6 Å². The normalized spacial score (nSPS) is 15.3. The third-order valence-electron chi connectivity index (χ3n) is 6.13. The SMILES string of the molecule is Cc1ccc(-n2c(SCC(=O)NC3(C#N)CCCCC3)nc3ccccc3c2=O)cc1C. The summed E-state index contributed by atoms with van der Waals surface area (Å²) in [6.45, 7) is 4.03. The molecule has 0 unspecified atom stereocenters. The molecule has 1 aromatic heterocycles. The van der Waals surface area contributed by atoms with Gasteiger partial charge in [-0.05, 0) is 62.1 Å². The number of nitrogens with one attached hydrogen (secondary N) is 1. The largest absolute Gasteiger partial charge is 0.337 e. The van der Waals surface area contributed by atoms with Crippen molar-refractivity contribution in [3.63, 3.8) is 0 Å². The second-order valence-electron chi connectivity index (χ2n) is 8.41. The van der Waals surface area contributed by atoms with Gasteiger partial charge in [-0.1, -0.05) is 49.2 Å². The van der Waals surface area contributed by atoms with E-state index in [4.69, 9.17) is 4.98 Å². The number of nitriles is 1. The van der Waals surface area contributed by atoms with Crippen LogP contribution in [-0.2, 0) is 4.79 Å². The van der Waals surface area contributed by atoms with Gasteiger partial charge in [-0.25, -0.2) is 4.98 Å². The number of carbonyl (C=O) groups excluding carboxylic acids is 1. The summed E-state index contributed by atoms with van der Waals surface area (Å²) in [5.41, 5.74) is 2.59. The Morgan fingerprint density at radius 2 is 1.91 bits per heavy atom. The molecule has 0 spiro atoms. The molecule has 2 aromatic carbocycles. The highest BCUT2D eigenvalue weighted by Crippen LogP contribution is 2.28. The van der Waals surface area contributed by atoms with Crippen molar-refractivity contribution in [3.8, 4) is 11.8 Å². The fourth-order valence-electron chi connectivity index (χ4n) is 4.15. The van der Waals surface area contributed by atoms with Gasteiger partial charge in [0.2, 0.25) is 5.91 Å². The zero-order valence-electron chi connectivity index (χ0n) is 18.4. The van der Waals surface area contributed by atoms with Crippen molar-refractivity contribution in [2.24, 2.45) is 0 Å². The summed E-state index contributed by atoms with van der Waals surface area (Å²) in [6, 6.07) is 15.4. The van der Waals surface area contributed by atoms with Gasteiger partial charge in [-0.3, -0.25) is 14.2 Å². The van der Waals surface area contributed by atoms with Crippen molar-refractivity contribution in [1.82, 2.24) is 14.9 Å². The lowest BCUT2D eigenvalue weighted by atomic mass is 9.83. The van der Waals surface area contributed by atoms with E-state index in [9.17, 15) is 14.9 Å². The number of nitrogens with zero attached hydrogens (tertiary/aromatic N) is 3. The highest BCUT2D eigenvalue weighted by atomic mass is 32.2. The van der Waals surface area contributed by atoms with Crippen LogP contribution in [0.3, 0.4) is 0 Å². The van der Waals surface area contributed by atoms with Crippen LogP contribution in [0, 0.1) is 25.2 Å². The first-order valence-electron chi connectivity index (χ1n) is 10.9. The summed E-state index contributed by atoms with van der Waals surface area (Å²) in [5, 5.41) is 13.6. The molecule has 1 fully saturated rings. The second-order valence-corrected chi connectivity index (χ2v) is 9.35. The number of benzene rings is 2. The minimum absolute atomic E-state index is 0.0824. The maximum absolute atomic E-state index is 13.4. The van der Waals surface area contributed by atoms with E-state index in [1.54, 1.807) is 16.7 Å². The van der Waals surface area contributed by atoms with Gasteiger partial charge < -0.3 is 5.32 Å². The summed E-state index contributed by atoms with van der Waals surface area (Å²) in [4.78, 5) is 30.8. The maximum atomic E-state index is 13.4. The van der Waals surface area contributed by atoms with Crippen LogP contribution in [0.2, 0.25) is 0 Å². The van der Waals surface area contributed by atoms with Crippen LogP contribution < -0.4 is 10.9 Å². The van der Waals surface area contributed by atoms with E-state index in [2.05, 4.69) is 11.4 Å².